The van der Waals surface area contributed by atoms with E-state index in [1.807, 2.05) is 30.1 Å². The molecular weight excluding hydrogens is 392 g/mol. The Balaban J connectivity index is 0.000000806. The van der Waals surface area contributed by atoms with Crippen LogP contribution in [-0.4, -0.2) is 33.0 Å². The highest BCUT2D eigenvalue weighted by molar-refractivity contribution is 8.08. The second kappa shape index (κ2) is 10.4. The number of rotatable bonds is 5. The number of carbonyl (C=O) groups is 1. The highest BCUT2D eigenvalue weighted by atomic mass is 32.2. The summed E-state index contributed by atoms with van der Waals surface area (Å²) in [7, 11) is 0. The van der Waals surface area contributed by atoms with Gasteiger partial charge in [0.1, 0.15) is 17.8 Å². The average molecular weight is 423 g/mol. The van der Waals surface area contributed by atoms with Gasteiger partial charge in [-0.1, -0.05) is 45.7 Å². The first-order valence-corrected chi connectivity index (χ1v) is 11.6. The molecule has 4 rings (SSSR count). The van der Waals surface area contributed by atoms with E-state index in [9.17, 15) is 4.79 Å². The summed E-state index contributed by atoms with van der Waals surface area (Å²) in [5.41, 5.74) is 3.91. The molecule has 1 N–H and O–H groups in total. The van der Waals surface area contributed by atoms with Gasteiger partial charge in [0, 0.05) is 35.2 Å². The number of aromatic nitrogens is 3. The third-order valence-electron chi connectivity index (χ3n) is 4.76. The number of hydrogen-bond donors (Lipinski definition) is 1. The van der Waals surface area contributed by atoms with Crippen molar-refractivity contribution in [3.05, 3.63) is 59.7 Å². The van der Waals surface area contributed by atoms with Gasteiger partial charge in [-0.05, 0) is 36.6 Å². The number of Topliss-reactive ketones (excluding diaryl/α,β-unsaturated/α-hetero) is 1. The van der Waals surface area contributed by atoms with Crippen LogP contribution in [0.4, 0.5) is 5.82 Å². The molecule has 0 bridgehead atoms. The Labute approximate surface area is 183 Å². The molecule has 0 amide bonds. The van der Waals surface area contributed by atoms with Crippen LogP contribution in [0.3, 0.4) is 0 Å². The number of nitrogens with one attached hydrogen (secondary N) is 1. The molecule has 6 heteroatoms. The molecule has 0 fully saturated rings. The number of aryl methyl sites for hydroxylation is 1. The number of hydrogen-bond acceptors (Lipinski definition) is 5. The maximum absolute atomic E-state index is 12.1. The normalized spacial score (nSPS) is 13.6. The van der Waals surface area contributed by atoms with Gasteiger partial charge in [0.2, 0.25) is 0 Å². The van der Waals surface area contributed by atoms with Gasteiger partial charge in [0.05, 0.1) is 5.39 Å². The maximum Gasteiger partial charge on any atom is 0.160 e. The fraction of sp³-hybridized carbons (Fsp3) is 0.375. The summed E-state index contributed by atoms with van der Waals surface area (Å²) in [6.45, 7) is 8.92. The van der Waals surface area contributed by atoms with Crippen molar-refractivity contribution >= 4 is 39.3 Å². The Bertz CT molecular complexity index is 1040. The predicted molar refractivity (Wildman–Crippen MR) is 128 cm³/mol. The van der Waals surface area contributed by atoms with Gasteiger partial charge in [-0.3, -0.25) is 4.79 Å². The summed E-state index contributed by atoms with van der Waals surface area (Å²) in [4.78, 5) is 27.4. The monoisotopic (exact) mass is 422 g/mol. The van der Waals surface area contributed by atoms with E-state index in [1.165, 1.54) is 6.42 Å². The molecule has 5 nitrogen and oxygen atoms in total. The molecule has 0 spiro atoms. The van der Waals surface area contributed by atoms with Crippen LogP contribution in [-0.2, 0) is 6.42 Å². The summed E-state index contributed by atoms with van der Waals surface area (Å²) in [5.74, 6) is 2.00. The third-order valence-corrected chi connectivity index (χ3v) is 5.80. The van der Waals surface area contributed by atoms with Crippen molar-refractivity contribution in [1.82, 2.24) is 15.0 Å². The van der Waals surface area contributed by atoms with Gasteiger partial charge >= 0.3 is 0 Å². The summed E-state index contributed by atoms with van der Waals surface area (Å²) in [6, 6.07) is 8.28. The lowest BCUT2D eigenvalue weighted by atomic mass is 9.98. The molecule has 1 aromatic carbocycles. The van der Waals surface area contributed by atoms with Crippen LogP contribution in [0, 0.1) is 0 Å². The summed E-state index contributed by atoms with van der Waals surface area (Å²) < 4.78 is 0. The van der Waals surface area contributed by atoms with Gasteiger partial charge in [-0.25, -0.2) is 9.97 Å². The van der Waals surface area contributed by atoms with E-state index < -0.39 is 0 Å². The third kappa shape index (κ3) is 4.93. The topological polar surface area (TPSA) is 61.9 Å². The Morgan fingerprint density at radius 2 is 2.00 bits per heavy atom. The number of benzene rings is 1. The quantitative estimate of drug-likeness (QED) is 0.505. The molecule has 30 heavy (non-hydrogen) atoms. The van der Waals surface area contributed by atoms with Gasteiger partial charge in [0.25, 0.3) is 0 Å². The molecule has 0 unspecified atom stereocenters. The summed E-state index contributed by atoms with van der Waals surface area (Å²) >= 11 is 1.82. The molecule has 0 saturated carbocycles. The molecule has 2 aromatic heterocycles. The predicted octanol–water partition coefficient (Wildman–Crippen LogP) is 6.08. The minimum Gasteiger partial charge on any atom is -0.346 e. The Kier molecular flexibility index (Phi) is 7.69. The summed E-state index contributed by atoms with van der Waals surface area (Å²) in [5, 5.41) is 1.02. The van der Waals surface area contributed by atoms with Crippen LogP contribution in [0.2, 0.25) is 0 Å². The van der Waals surface area contributed by atoms with Crippen molar-refractivity contribution in [2.45, 2.75) is 47.0 Å². The highest BCUT2D eigenvalue weighted by Crippen LogP contribution is 2.35. The second-order valence-corrected chi connectivity index (χ2v) is 8.49. The molecule has 1 aliphatic heterocycles. The lowest BCUT2D eigenvalue weighted by molar-refractivity contribution is 0.101. The minimum absolute atomic E-state index is 0.128. The number of thioether (sulfide) groups is 1. The molecule has 3 heterocycles. The fourth-order valence-electron chi connectivity index (χ4n) is 3.45. The number of anilines is 1. The van der Waals surface area contributed by atoms with E-state index in [-0.39, 0.29) is 5.78 Å². The van der Waals surface area contributed by atoms with Crippen LogP contribution in [0.5, 0.6) is 0 Å². The van der Waals surface area contributed by atoms with Gasteiger partial charge in [-0.2, -0.15) is 0 Å². The van der Waals surface area contributed by atoms with E-state index in [0.29, 0.717) is 0 Å². The van der Waals surface area contributed by atoms with Crippen molar-refractivity contribution in [2.24, 2.45) is 0 Å². The van der Waals surface area contributed by atoms with Crippen LogP contribution in [0.15, 0.2) is 43.0 Å². The number of fused-ring (bicyclic) bond motifs is 1. The van der Waals surface area contributed by atoms with Gasteiger partial charge in [-0.15, -0.1) is 11.8 Å². The van der Waals surface area contributed by atoms with Crippen LogP contribution in [0.1, 0.15) is 62.0 Å². The van der Waals surface area contributed by atoms with E-state index in [0.717, 1.165) is 63.6 Å². The van der Waals surface area contributed by atoms with E-state index in [2.05, 4.69) is 59.0 Å². The van der Waals surface area contributed by atoms with Crippen molar-refractivity contribution in [3.63, 3.8) is 0 Å². The first kappa shape index (κ1) is 22.1. The first-order valence-electron chi connectivity index (χ1n) is 10.6. The molecule has 0 radical (unpaired) electrons. The Morgan fingerprint density at radius 1 is 1.20 bits per heavy atom. The molecule has 158 valence electrons. The van der Waals surface area contributed by atoms with Gasteiger partial charge < -0.3 is 9.88 Å². The largest absolute Gasteiger partial charge is 0.346 e. The highest BCUT2D eigenvalue weighted by Gasteiger charge is 2.18. The molecular formula is C24H30N4OS. The molecule has 0 atom stereocenters. The molecule has 0 aliphatic carbocycles. The first-order chi connectivity index (χ1) is 14.6. The lowest BCUT2D eigenvalue weighted by Crippen LogP contribution is -2.24. The van der Waals surface area contributed by atoms with Crippen molar-refractivity contribution < 1.29 is 4.79 Å². The Hall–Kier alpha value is -2.60. The standard InChI is InChI=1S/C21H22N4OS.C3H8/c1-3-4-15-5-6-16(11-18(15)14(2)26)19-12-25(9-10-27-19)21-17-7-8-22-20(17)23-13-24-21;1-3-2/h5-8,11-13H,3-4,9-10H2,1-2H3,(H,22,23,24);3H2,1-2H3. The van der Waals surface area contributed by atoms with Crippen molar-refractivity contribution in [2.75, 3.05) is 17.2 Å². The fourth-order valence-corrected chi connectivity index (χ4v) is 4.46. The van der Waals surface area contributed by atoms with Crippen molar-refractivity contribution in [3.8, 4) is 0 Å². The average Bonchev–Trinajstić information content (AvgIpc) is 3.24. The SMILES string of the molecule is CCC.CCCc1ccc(C2=CN(c3ncnc4[nH]ccc34)CCS2)cc1C(C)=O. The number of H-pyrrole nitrogens is 1. The summed E-state index contributed by atoms with van der Waals surface area (Å²) in [6.07, 6.45) is 8.83. The minimum atomic E-state index is 0.128. The molecule has 0 saturated heterocycles. The van der Waals surface area contributed by atoms with E-state index >= 15 is 0 Å². The van der Waals surface area contributed by atoms with E-state index in [4.69, 9.17) is 0 Å². The zero-order valence-corrected chi connectivity index (χ0v) is 19.1. The van der Waals surface area contributed by atoms with Crippen LogP contribution < -0.4 is 4.90 Å². The van der Waals surface area contributed by atoms with Crippen molar-refractivity contribution in [1.29, 1.82) is 0 Å². The molecule has 3 aromatic rings. The lowest BCUT2D eigenvalue weighted by Gasteiger charge is -2.26. The number of carbonyl (C=O) groups excluding carboxylic acids is 1. The maximum atomic E-state index is 12.1. The zero-order valence-electron chi connectivity index (χ0n) is 18.2. The second-order valence-electron chi connectivity index (χ2n) is 7.36. The van der Waals surface area contributed by atoms with E-state index in [1.54, 1.807) is 13.3 Å². The number of ketones is 1. The number of aromatic amines is 1. The zero-order chi connectivity index (χ0) is 21.5. The van der Waals surface area contributed by atoms with Crippen LogP contribution >= 0.6 is 11.8 Å². The Morgan fingerprint density at radius 3 is 2.73 bits per heavy atom. The van der Waals surface area contributed by atoms with Crippen LogP contribution in [0.25, 0.3) is 15.9 Å². The van der Waals surface area contributed by atoms with Gasteiger partial charge in [0.15, 0.2) is 5.78 Å². The molecule has 1 aliphatic rings. The number of nitrogens with zero attached hydrogens (tertiary/aromatic N) is 3. The smallest absolute Gasteiger partial charge is 0.160 e.